The molecule has 1 atom stereocenters. The maximum absolute atomic E-state index is 11.7. The molecule has 2 heterocycles. The molecule has 1 fully saturated rings. The third-order valence-corrected chi connectivity index (χ3v) is 5.09. The Labute approximate surface area is 130 Å². The zero-order valence-electron chi connectivity index (χ0n) is 11.8. The molecule has 2 rings (SSSR count). The largest absolute Gasteiger partial charge is 0.479 e. The average Bonchev–Trinajstić information content (AvgIpc) is 2.86. The molecule has 1 aromatic heterocycles. The molecule has 1 aliphatic heterocycles. The summed E-state index contributed by atoms with van der Waals surface area (Å²) < 4.78 is 0.484. The lowest BCUT2D eigenvalue weighted by molar-refractivity contribution is -0.385. The molecule has 21 heavy (non-hydrogen) atoms. The average molecular weight is 358 g/mol. The van der Waals surface area contributed by atoms with Crippen LogP contribution in [0.3, 0.4) is 0 Å². The van der Waals surface area contributed by atoms with E-state index in [1.807, 2.05) is 6.92 Å². The summed E-state index contributed by atoms with van der Waals surface area (Å²) in [6.07, 6.45) is 2.94. The number of rotatable bonds is 4. The monoisotopic (exact) mass is 357 g/mol. The Morgan fingerprint density at radius 3 is 2.86 bits per heavy atom. The van der Waals surface area contributed by atoms with Crippen molar-refractivity contribution in [1.29, 1.82) is 0 Å². The Bertz CT molecular complexity index is 607. The van der Waals surface area contributed by atoms with Crippen molar-refractivity contribution in [3.63, 3.8) is 0 Å². The molecule has 1 unspecified atom stereocenters. The van der Waals surface area contributed by atoms with Crippen LogP contribution in [0.1, 0.15) is 31.7 Å². The van der Waals surface area contributed by atoms with Crippen LogP contribution in [-0.4, -0.2) is 33.1 Å². The van der Waals surface area contributed by atoms with Crippen molar-refractivity contribution in [3.8, 4) is 0 Å². The number of pyridine rings is 1. The van der Waals surface area contributed by atoms with E-state index in [4.69, 9.17) is 0 Å². The molecule has 0 amide bonds. The minimum atomic E-state index is -0.988. The number of nitrogens with zero attached hydrogens (tertiary/aromatic N) is 3. The van der Waals surface area contributed by atoms with Crippen LogP contribution in [0.15, 0.2) is 10.7 Å². The van der Waals surface area contributed by atoms with Gasteiger partial charge >= 0.3 is 5.97 Å². The first kappa shape index (κ1) is 15.7. The second-order valence-electron chi connectivity index (χ2n) is 5.11. The molecule has 7 nitrogen and oxygen atoms in total. The van der Waals surface area contributed by atoms with Gasteiger partial charge in [0.15, 0.2) is 0 Å². The second kappa shape index (κ2) is 5.59. The summed E-state index contributed by atoms with van der Waals surface area (Å²) in [4.78, 5) is 28.0. The highest BCUT2D eigenvalue weighted by Gasteiger charge is 2.47. The summed E-state index contributed by atoms with van der Waals surface area (Å²) >= 11 is 3.34. The molecular formula is C13H16BrN3O4. The van der Waals surface area contributed by atoms with Gasteiger partial charge in [-0.15, -0.1) is 0 Å². The predicted molar refractivity (Wildman–Crippen MR) is 80.6 cm³/mol. The van der Waals surface area contributed by atoms with Gasteiger partial charge in [0.05, 0.1) is 9.40 Å². The Morgan fingerprint density at radius 1 is 1.67 bits per heavy atom. The van der Waals surface area contributed by atoms with Crippen molar-refractivity contribution >= 4 is 33.4 Å². The maximum Gasteiger partial charge on any atom is 0.329 e. The van der Waals surface area contributed by atoms with E-state index < -0.39 is 16.4 Å². The van der Waals surface area contributed by atoms with Crippen LogP contribution < -0.4 is 4.90 Å². The Hall–Kier alpha value is -1.70. The summed E-state index contributed by atoms with van der Waals surface area (Å²) in [6.45, 7) is 4.03. The lowest BCUT2D eigenvalue weighted by Gasteiger charge is -2.35. The normalized spacial score (nSPS) is 21.6. The number of halogens is 1. The molecule has 0 bridgehead atoms. The highest BCUT2D eigenvalue weighted by Crippen LogP contribution is 2.41. The fourth-order valence-electron chi connectivity index (χ4n) is 2.86. The standard InChI is InChI=1S/C13H16BrN3O4/c1-3-13(12(18)19)5-4-6-16(13)11-10(14)8(2)9(7-15-11)17(20)21/h7H,3-6H2,1-2H3,(H,18,19). The van der Waals surface area contributed by atoms with Gasteiger partial charge in [0.1, 0.15) is 17.6 Å². The van der Waals surface area contributed by atoms with Crippen LogP contribution in [-0.2, 0) is 4.79 Å². The van der Waals surface area contributed by atoms with Gasteiger partial charge in [0.25, 0.3) is 5.69 Å². The van der Waals surface area contributed by atoms with E-state index in [1.54, 1.807) is 11.8 Å². The highest BCUT2D eigenvalue weighted by molar-refractivity contribution is 9.10. The van der Waals surface area contributed by atoms with Gasteiger partial charge in [0, 0.05) is 12.1 Å². The number of carboxylic acids is 1. The first-order valence-electron chi connectivity index (χ1n) is 6.65. The first-order chi connectivity index (χ1) is 9.85. The SMILES string of the molecule is CCC1(C(=O)O)CCCN1c1ncc([N+](=O)[O-])c(C)c1Br. The molecule has 114 valence electrons. The van der Waals surface area contributed by atoms with Gasteiger partial charge in [-0.05, 0) is 42.1 Å². The van der Waals surface area contributed by atoms with Gasteiger partial charge in [-0.2, -0.15) is 0 Å². The summed E-state index contributed by atoms with van der Waals surface area (Å²) in [5, 5.41) is 20.5. The highest BCUT2D eigenvalue weighted by atomic mass is 79.9. The number of carbonyl (C=O) groups is 1. The van der Waals surface area contributed by atoms with E-state index >= 15 is 0 Å². The maximum atomic E-state index is 11.7. The van der Waals surface area contributed by atoms with E-state index in [2.05, 4.69) is 20.9 Å². The van der Waals surface area contributed by atoms with Gasteiger partial charge < -0.3 is 10.0 Å². The fourth-order valence-corrected chi connectivity index (χ4v) is 3.38. The molecule has 0 aliphatic carbocycles. The third-order valence-electron chi connectivity index (χ3n) is 4.14. The Morgan fingerprint density at radius 2 is 2.33 bits per heavy atom. The van der Waals surface area contributed by atoms with Crippen LogP contribution in [0.4, 0.5) is 11.5 Å². The number of aromatic nitrogens is 1. The van der Waals surface area contributed by atoms with Crippen LogP contribution in [0.5, 0.6) is 0 Å². The van der Waals surface area contributed by atoms with Crippen molar-refractivity contribution in [2.45, 2.75) is 38.6 Å². The molecule has 0 spiro atoms. The Kier molecular flexibility index (Phi) is 4.18. The predicted octanol–water partition coefficient (Wildman–Crippen LogP) is 2.89. The minimum Gasteiger partial charge on any atom is -0.479 e. The smallest absolute Gasteiger partial charge is 0.329 e. The van der Waals surface area contributed by atoms with Crippen molar-refractivity contribution < 1.29 is 14.8 Å². The Balaban J connectivity index is 2.54. The molecule has 0 saturated carbocycles. The van der Waals surface area contributed by atoms with E-state index in [9.17, 15) is 20.0 Å². The van der Waals surface area contributed by atoms with Gasteiger partial charge in [-0.25, -0.2) is 9.78 Å². The minimum absolute atomic E-state index is 0.0813. The summed E-state index contributed by atoms with van der Waals surface area (Å²) in [6, 6.07) is 0. The summed E-state index contributed by atoms with van der Waals surface area (Å²) in [5.74, 6) is -0.424. The summed E-state index contributed by atoms with van der Waals surface area (Å²) in [7, 11) is 0. The number of aliphatic carboxylic acids is 1. The number of carboxylic acid groups (broad SMARTS) is 1. The topological polar surface area (TPSA) is 96.6 Å². The molecule has 0 radical (unpaired) electrons. The quantitative estimate of drug-likeness (QED) is 0.657. The molecule has 1 aromatic rings. The molecular weight excluding hydrogens is 342 g/mol. The van der Waals surface area contributed by atoms with Gasteiger partial charge in [-0.1, -0.05) is 6.92 Å². The zero-order chi connectivity index (χ0) is 15.8. The molecule has 1 saturated heterocycles. The van der Waals surface area contributed by atoms with Crippen LogP contribution in [0.25, 0.3) is 0 Å². The first-order valence-corrected chi connectivity index (χ1v) is 7.45. The number of hydrogen-bond acceptors (Lipinski definition) is 5. The zero-order valence-corrected chi connectivity index (χ0v) is 13.4. The van der Waals surface area contributed by atoms with Gasteiger partial charge in [0.2, 0.25) is 0 Å². The van der Waals surface area contributed by atoms with Crippen molar-refractivity contribution in [3.05, 3.63) is 26.3 Å². The molecule has 1 N–H and O–H groups in total. The molecule has 1 aliphatic rings. The van der Waals surface area contributed by atoms with E-state index in [1.165, 1.54) is 6.20 Å². The van der Waals surface area contributed by atoms with Crippen molar-refractivity contribution in [1.82, 2.24) is 4.98 Å². The van der Waals surface area contributed by atoms with Crippen molar-refractivity contribution in [2.75, 3.05) is 11.4 Å². The van der Waals surface area contributed by atoms with Crippen LogP contribution >= 0.6 is 15.9 Å². The van der Waals surface area contributed by atoms with E-state index in [0.717, 1.165) is 6.42 Å². The number of hydrogen-bond donors (Lipinski definition) is 1. The van der Waals surface area contributed by atoms with Gasteiger partial charge in [-0.3, -0.25) is 10.1 Å². The number of anilines is 1. The third kappa shape index (κ3) is 2.37. The van der Waals surface area contributed by atoms with E-state index in [0.29, 0.717) is 35.2 Å². The number of nitro groups is 1. The molecule has 0 aromatic carbocycles. The fraction of sp³-hybridized carbons (Fsp3) is 0.538. The molecule has 8 heteroatoms. The lowest BCUT2D eigenvalue weighted by atomic mass is 9.93. The second-order valence-corrected chi connectivity index (χ2v) is 5.90. The van der Waals surface area contributed by atoms with E-state index in [-0.39, 0.29) is 5.69 Å². The van der Waals surface area contributed by atoms with Crippen LogP contribution in [0.2, 0.25) is 0 Å². The van der Waals surface area contributed by atoms with Crippen molar-refractivity contribution in [2.24, 2.45) is 0 Å². The lowest BCUT2D eigenvalue weighted by Crippen LogP contribution is -2.50. The van der Waals surface area contributed by atoms with Crippen LogP contribution in [0, 0.1) is 17.0 Å². The summed E-state index contributed by atoms with van der Waals surface area (Å²) in [5.41, 5.74) is -0.618.